The Morgan fingerprint density at radius 3 is 1.91 bits per heavy atom. The van der Waals surface area contributed by atoms with Crippen LogP contribution in [0.3, 0.4) is 0 Å². The topological polar surface area (TPSA) is 124 Å². The maximum absolute atomic E-state index is 14.0. The maximum Gasteiger partial charge on any atom is 0.387 e. The molecule has 0 spiro atoms. The average Bonchev–Trinajstić information content (AvgIpc) is 2.73. The highest BCUT2D eigenvalue weighted by Gasteiger charge is 2.59. The number of carbonyl (C=O) groups excluding carboxylic acids is 1. The van der Waals surface area contributed by atoms with Crippen molar-refractivity contribution in [1.82, 2.24) is 0 Å². The minimum Gasteiger partial charge on any atom is -0.465 e. The lowest BCUT2D eigenvalue weighted by molar-refractivity contribution is -0.139. The van der Waals surface area contributed by atoms with Gasteiger partial charge >= 0.3 is 36.7 Å². The summed E-state index contributed by atoms with van der Waals surface area (Å²) in [5, 5.41) is -11.5. The third kappa shape index (κ3) is 6.20. The van der Waals surface area contributed by atoms with Gasteiger partial charge in [0.15, 0.2) is 9.79 Å². The molecule has 1 N–H and O–H groups in total. The van der Waals surface area contributed by atoms with Crippen molar-refractivity contribution in [2.75, 3.05) is 7.11 Å². The third-order valence-electron chi connectivity index (χ3n) is 4.32. The normalized spacial score (nSPS) is 14.8. The van der Waals surface area contributed by atoms with E-state index in [-0.39, 0.29) is 0 Å². The van der Waals surface area contributed by atoms with E-state index in [4.69, 9.17) is 9.29 Å². The standard InChI is InChI=1S/C19H18F4O8S3/c1-13(17(24)30-2)32(15-6-4-3-5-7-15)16-10-8-14(9-11-16)31-34(28,29)19(22,23)12-18(20,21)33(25,26)27/h3-11,13H,12H2,1-2H3/p+1. The molecule has 0 aromatic heterocycles. The van der Waals surface area contributed by atoms with Crippen molar-refractivity contribution in [3.63, 3.8) is 0 Å². The molecule has 0 saturated carbocycles. The molecular formula is C19H19F4O8S3+. The summed E-state index contributed by atoms with van der Waals surface area (Å²) in [5.41, 5.74) is 0. The largest absolute Gasteiger partial charge is 0.465 e. The zero-order chi connectivity index (χ0) is 25.9. The maximum atomic E-state index is 14.0. The van der Waals surface area contributed by atoms with Gasteiger partial charge in [0, 0.05) is 0 Å². The molecule has 8 nitrogen and oxygen atoms in total. The van der Waals surface area contributed by atoms with Crippen molar-refractivity contribution in [2.45, 2.75) is 38.9 Å². The molecular weight excluding hydrogens is 528 g/mol. The molecule has 0 heterocycles. The van der Waals surface area contributed by atoms with Crippen molar-refractivity contribution >= 4 is 37.1 Å². The van der Waals surface area contributed by atoms with Gasteiger partial charge in [-0.15, -0.1) is 0 Å². The lowest BCUT2D eigenvalue weighted by atomic mass is 10.3. The van der Waals surface area contributed by atoms with Gasteiger partial charge in [0.1, 0.15) is 12.2 Å². The van der Waals surface area contributed by atoms with E-state index >= 15 is 0 Å². The van der Waals surface area contributed by atoms with Crippen LogP contribution in [0.4, 0.5) is 17.6 Å². The summed E-state index contributed by atoms with van der Waals surface area (Å²) in [7, 11) is -12.1. The zero-order valence-electron chi connectivity index (χ0n) is 17.5. The Hall–Kier alpha value is -2.36. The second kappa shape index (κ2) is 10.1. The summed E-state index contributed by atoms with van der Waals surface area (Å²) in [6.07, 6.45) is -3.05. The Balaban J connectivity index is 2.34. The summed E-state index contributed by atoms with van der Waals surface area (Å²) in [6, 6.07) is 13.2. The number of hydrogen-bond donors (Lipinski definition) is 1. The second-order valence-electron chi connectivity index (χ2n) is 6.75. The van der Waals surface area contributed by atoms with Gasteiger partial charge in [0.25, 0.3) is 0 Å². The molecule has 2 aromatic rings. The van der Waals surface area contributed by atoms with E-state index in [1.807, 2.05) is 0 Å². The predicted octanol–water partition coefficient (Wildman–Crippen LogP) is 3.46. The van der Waals surface area contributed by atoms with Crippen LogP contribution < -0.4 is 4.18 Å². The fourth-order valence-corrected chi connectivity index (χ4v) is 6.18. The van der Waals surface area contributed by atoms with Crippen LogP contribution in [0.5, 0.6) is 5.75 Å². The van der Waals surface area contributed by atoms with Crippen LogP contribution in [0.1, 0.15) is 13.3 Å². The van der Waals surface area contributed by atoms with Crippen molar-refractivity contribution < 1.29 is 52.7 Å². The molecule has 0 aliphatic heterocycles. The molecule has 2 atom stereocenters. The van der Waals surface area contributed by atoms with E-state index in [1.54, 1.807) is 37.3 Å². The smallest absolute Gasteiger partial charge is 0.387 e. The highest BCUT2D eigenvalue weighted by atomic mass is 32.2. The second-order valence-corrected chi connectivity index (χ2v) is 12.3. The first-order valence-electron chi connectivity index (χ1n) is 9.15. The quantitative estimate of drug-likeness (QED) is 0.158. The third-order valence-corrected chi connectivity index (χ3v) is 8.97. The Bertz CT molecular complexity index is 1220. The van der Waals surface area contributed by atoms with E-state index in [0.29, 0.717) is 4.90 Å². The Morgan fingerprint density at radius 2 is 1.44 bits per heavy atom. The number of hydrogen-bond acceptors (Lipinski definition) is 7. The van der Waals surface area contributed by atoms with Gasteiger partial charge in [-0.1, -0.05) is 18.2 Å². The van der Waals surface area contributed by atoms with Crippen LogP contribution in [-0.2, 0) is 40.7 Å². The molecule has 34 heavy (non-hydrogen) atoms. The molecule has 2 rings (SSSR count). The number of esters is 1. The van der Waals surface area contributed by atoms with Gasteiger partial charge in [-0.05, 0) is 43.3 Å². The van der Waals surface area contributed by atoms with Crippen molar-refractivity contribution in [3.8, 4) is 5.75 Å². The minimum atomic E-state index is -6.30. The number of halogens is 4. The van der Waals surface area contributed by atoms with Crippen molar-refractivity contribution in [2.24, 2.45) is 0 Å². The van der Waals surface area contributed by atoms with Gasteiger partial charge in [-0.25, -0.2) is 4.79 Å². The molecule has 15 heteroatoms. The van der Waals surface area contributed by atoms with Gasteiger partial charge < -0.3 is 8.92 Å². The number of carbonyl (C=O) groups is 1. The van der Waals surface area contributed by atoms with E-state index in [1.165, 1.54) is 19.2 Å². The Morgan fingerprint density at radius 1 is 0.941 bits per heavy atom. The van der Waals surface area contributed by atoms with Gasteiger partial charge in [0.2, 0.25) is 5.25 Å². The van der Waals surface area contributed by atoms with Crippen LogP contribution in [0.15, 0.2) is 64.4 Å². The molecule has 0 aliphatic rings. The molecule has 188 valence electrons. The zero-order valence-corrected chi connectivity index (χ0v) is 20.0. The number of rotatable bonds is 10. The van der Waals surface area contributed by atoms with Crippen molar-refractivity contribution in [1.29, 1.82) is 0 Å². The van der Waals surface area contributed by atoms with Crippen LogP contribution in [-0.4, -0.2) is 50.2 Å². The first kappa shape index (κ1) is 27.9. The molecule has 0 amide bonds. The highest BCUT2D eigenvalue weighted by molar-refractivity contribution is 7.98. The number of alkyl halides is 4. The molecule has 0 fully saturated rings. The lowest BCUT2D eigenvalue weighted by Gasteiger charge is -2.21. The Labute approximate surface area is 196 Å². The fourth-order valence-electron chi connectivity index (χ4n) is 2.62. The summed E-state index contributed by atoms with van der Waals surface area (Å²) in [6.45, 7) is 1.60. The van der Waals surface area contributed by atoms with E-state index in [0.717, 1.165) is 17.0 Å². The van der Waals surface area contributed by atoms with Gasteiger partial charge in [-0.3, -0.25) is 4.55 Å². The molecule has 2 aromatic carbocycles. The SMILES string of the molecule is COC(=O)C(C)[S+](c1ccccc1)c1ccc(OS(=O)(=O)C(F)(F)CC(F)(F)S(=O)(=O)O)cc1. The number of methoxy groups -OCH3 is 1. The first-order chi connectivity index (χ1) is 15.5. The summed E-state index contributed by atoms with van der Waals surface area (Å²) < 4.78 is 117. The fraction of sp³-hybridized carbons (Fsp3) is 0.316. The molecule has 0 saturated heterocycles. The van der Waals surface area contributed by atoms with Crippen LogP contribution in [0.25, 0.3) is 0 Å². The molecule has 2 unspecified atom stereocenters. The van der Waals surface area contributed by atoms with Crippen LogP contribution >= 0.6 is 0 Å². The summed E-state index contributed by atoms with van der Waals surface area (Å²) in [4.78, 5) is 13.3. The number of benzene rings is 2. The molecule has 0 aliphatic carbocycles. The van der Waals surface area contributed by atoms with E-state index < -0.39 is 65.0 Å². The average molecular weight is 548 g/mol. The predicted molar refractivity (Wildman–Crippen MR) is 114 cm³/mol. The van der Waals surface area contributed by atoms with Gasteiger partial charge in [-0.2, -0.15) is 34.4 Å². The van der Waals surface area contributed by atoms with Crippen LogP contribution in [0.2, 0.25) is 0 Å². The van der Waals surface area contributed by atoms with Gasteiger partial charge in [0.05, 0.1) is 18.0 Å². The Kier molecular flexibility index (Phi) is 8.28. The molecule has 0 bridgehead atoms. The summed E-state index contributed by atoms with van der Waals surface area (Å²) >= 11 is 0. The highest BCUT2D eigenvalue weighted by Crippen LogP contribution is 2.39. The van der Waals surface area contributed by atoms with Crippen molar-refractivity contribution in [3.05, 3.63) is 54.6 Å². The number of ether oxygens (including phenoxy) is 1. The van der Waals surface area contributed by atoms with Crippen LogP contribution in [0, 0.1) is 0 Å². The lowest BCUT2D eigenvalue weighted by Crippen LogP contribution is -2.42. The minimum absolute atomic E-state index is 0.485. The monoisotopic (exact) mass is 547 g/mol. The first-order valence-corrected chi connectivity index (χ1v) is 13.3. The van der Waals surface area contributed by atoms with E-state index in [9.17, 15) is 39.2 Å². The summed E-state index contributed by atoms with van der Waals surface area (Å²) in [5.74, 6) is -1.21. The van der Waals surface area contributed by atoms with E-state index in [2.05, 4.69) is 4.18 Å². The molecule has 0 radical (unpaired) electrons.